The van der Waals surface area contributed by atoms with Gasteiger partial charge in [-0.15, -0.1) is 0 Å². The monoisotopic (exact) mass is 294 g/mol. The Morgan fingerprint density at radius 2 is 2.24 bits per heavy atom. The largest absolute Gasteiger partial charge is 0.466 e. The number of hydrogen-bond acceptors (Lipinski definition) is 5. The summed E-state index contributed by atoms with van der Waals surface area (Å²) in [6, 6.07) is 5.44. The maximum absolute atomic E-state index is 11.7. The van der Waals surface area contributed by atoms with Gasteiger partial charge in [-0.3, -0.25) is 9.78 Å². The van der Waals surface area contributed by atoms with Crippen LogP contribution in [0.4, 0.5) is 0 Å². The Morgan fingerprint density at radius 3 is 2.86 bits per heavy atom. The lowest BCUT2D eigenvalue weighted by Gasteiger charge is -2.22. The number of ether oxygens (including phenoxy) is 1. The van der Waals surface area contributed by atoms with Gasteiger partial charge in [0.15, 0.2) is 0 Å². The molecule has 0 aromatic carbocycles. The number of nitrogens with two attached hydrogens (primary N) is 1. The molecule has 2 atom stereocenters. The number of nitrogens with zero attached hydrogens (tertiary/aromatic N) is 1. The summed E-state index contributed by atoms with van der Waals surface area (Å²) in [7, 11) is 0. The van der Waals surface area contributed by atoms with E-state index in [9.17, 15) is 9.90 Å². The van der Waals surface area contributed by atoms with Gasteiger partial charge in [-0.05, 0) is 38.3 Å². The van der Waals surface area contributed by atoms with Crippen molar-refractivity contribution >= 4 is 5.97 Å². The topological polar surface area (TPSA) is 85.4 Å². The predicted molar refractivity (Wildman–Crippen MR) is 81.3 cm³/mol. The van der Waals surface area contributed by atoms with E-state index in [0.29, 0.717) is 38.1 Å². The standard InChI is InChI=1S/C14H20N2O3.C2H6/c1-2-19-13(17)10-6-7-14(18,8-10)12-5-3-4-11(9-15)16-12;1-2/h3-5,10,18H,2,6-9,15H2,1H3;1-2H3. The molecule has 2 unspecified atom stereocenters. The first-order valence-electron chi connectivity index (χ1n) is 7.64. The number of rotatable bonds is 4. The van der Waals surface area contributed by atoms with E-state index < -0.39 is 5.60 Å². The van der Waals surface area contributed by atoms with Crippen LogP contribution in [0, 0.1) is 5.92 Å². The molecule has 21 heavy (non-hydrogen) atoms. The van der Waals surface area contributed by atoms with Crippen molar-refractivity contribution in [3.8, 4) is 0 Å². The molecule has 1 fully saturated rings. The van der Waals surface area contributed by atoms with Crippen LogP contribution in [0.1, 0.15) is 51.4 Å². The van der Waals surface area contributed by atoms with E-state index in [4.69, 9.17) is 10.5 Å². The zero-order chi connectivity index (χ0) is 15.9. The second kappa shape index (κ2) is 8.10. The van der Waals surface area contributed by atoms with Gasteiger partial charge in [0, 0.05) is 6.54 Å². The molecular formula is C16H26N2O3. The summed E-state index contributed by atoms with van der Waals surface area (Å²) in [6.45, 7) is 6.49. The van der Waals surface area contributed by atoms with Crippen LogP contribution in [0.15, 0.2) is 18.2 Å². The quantitative estimate of drug-likeness (QED) is 0.831. The lowest BCUT2D eigenvalue weighted by molar-refractivity contribution is -0.148. The molecule has 1 aliphatic rings. The number of pyridine rings is 1. The van der Waals surface area contributed by atoms with Gasteiger partial charge in [0.05, 0.1) is 23.9 Å². The zero-order valence-electron chi connectivity index (χ0n) is 13.1. The molecule has 5 heteroatoms. The summed E-state index contributed by atoms with van der Waals surface area (Å²) in [4.78, 5) is 16.1. The molecule has 1 aromatic heterocycles. The molecule has 0 saturated heterocycles. The molecule has 0 aliphatic heterocycles. The molecule has 1 aliphatic carbocycles. The van der Waals surface area contributed by atoms with Crippen molar-refractivity contribution in [2.45, 2.75) is 52.2 Å². The first kappa shape index (κ1) is 17.6. The SMILES string of the molecule is CC.CCOC(=O)C1CCC(O)(c2cccc(CN)n2)C1. The molecule has 1 heterocycles. The summed E-state index contributed by atoms with van der Waals surface area (Å²) in [5, 5.41) is 10.7. The van der Waals surface area contributed by atoms with Crippen LogP contribution in [0.5, 0.6) is 0 Å². The van der Waals surface area contributed by atoms with Gasteiger partial charge in [0.25, 0.3) is 0 Å². The zero-order valence-corrected chi connectivity index (χ0v) is 13.1. The van der Waals surface area contributed by atoms with E-state index in [2.05, 4.69) is 4.98 Å². The molecule has 118 valence electrons. The number of carbonyl (C=O) groups is 1. The fourth-order valence-electron chi connectivity index (χ4n) is 2.57. The minimum atomic E-state index is -1.04. The van der Waals surface area contributed by atoms with Gasteiger partial charge in [0.1, 0.15) is 5.60 Å². The third-order valence-corrected chi connectivity index (χ3v) is 3.60. The Bertz CT molecular complexity index is 465. The van der Waals surface area contributed by atoms with Crippen molar-refractivity contribution in [1.82, 2.24) is 4.98 Å². The molecule has 1 saturated carbocycles. The van der Waals surface area contributed by atoms with Crippen LogP contribution >= 0.6 is 0 Å². The van der Waals surface area contributed by atoms with Crippen LogP contribution in [0.3, 0.4) is 0 Å². The lowest BCUT2D eigenvalue weighted by atomic mass is 9.95. The highest BCUT2D eigenvalue weighted by molar-refractivity contribution is 5.73. The molecule has 0 spiro atoms. The molecule has 2 rings (SSSR count). The van der Waals surface area contributed by atoms with Crippen molar-refractivity contribution < 1.29 is 14.6 Å². The van der Waals surface area contributed by atoms with Crippen molar-refractivity contribution in [2.24, 2.45) is 11.7 Å². The van der Waals surface area contributed by atoms with E-state index >= 15 is 0 Å². The molecular weight excluding hydrogens is 268 g/mol. The Kier molecular flexibility index (Phi) is 6.78. The van der Waals surface area contributed by atoms with Gasteiger partial charge < -0.3 is 15.6 Å². The highest BCUT2D eigenvalue weighted by Crippen LogP contribution is 2.41. The Labute approximate surface area is 126 Å². The van der Waals surface area contributed by atoms with Crippen molar-refractivity contribution in [3.63, 3.8) is 0 Å². The van der Waals surface area contributed by atoms with Gasteiger partial charge in [-0.2, -0.15) is 0 Å². The number of carbonyl (C=O) groups excluding carboxylic acids is 1. The Morgan fingerprint density at radius 1 is 1.52 bits per heavy atom. The van der Waals surface area contributed by atoms with E-state index in [-0.39, 0.29) is 11.9 Å². The van der Waals surface area contributed by atoms with Gasteiger partial charge in [0.2, 0.25) is 0 Å². The summed E-state index contributed by atoms with van der Waals surface area (Å²) >= 11 is 0. The normalized spacial score (nSPS) is 24.1. The van der Waals surface area contributed by atoms with Crippen molar-refractivity contribution in [1.29, 1.82) is 0 Å². The summed E-state index contributed by atoms with van der Waals surface area (Å²) in [5.74, 6) is -0.471. The van der Waals surface area contributed by atoms with Crippen LogP contribution in [-0.4, -0.2) is 22.7 Å². The fourth-order valence-corrected chi connectivity index (χ4v) is 2.57. The van der Waals surface area contributed by atoms with Crippen LogP contribution < -0.4 is 5.73 Å². The number of aliphatic hydroxyl groups is 1. The van der Waals surface area contributed by atoms with E-state index in [1.165, 1.54) is 0 Å². The van der Waals surface area contributed by atoms with Gasteiger partial charge >= 0.3 is 5.97 Å². The smallest absolute Gasteiger partial charge is 0.309 e. The molecule has 5 nitrogen and oxygen atoms in total. The molecule has 1 aromatic rings. The molecule has 0 radical (unpaired) electrons. The van der Waals surface area contributed by atoms with E-state index in [1.54, 1.807) is 13.0 Å². The van der Waals surface area contributed by atoms with Crippen LogP contribution in [0.25, 0.3) is 0 Å². The average molecular weight is 294 g/mol. The second-order valence-electron chi connectivity index (χ2n) is 4.94. The Hall–Kier alpha value is -1.46. The van der Waals surface area contributed by atoms with Gasteiger partial charge in [-0.25, -0.2) is 0 Å². The summed E-state index contributed by atoms with van der Waals surface area (Å²) in [6.07, 6.45) is 1.52. The fraction of sp³-hybridized carbons (Fsp3) is 0.625. The van der Waals surface area contributed by atoms with Gasteiger partial charge in [-0.1, -0.05) is 19.9 Å². The molecule has 0 bridgehead atoms. The average Bonchev–Trinajstić information content (AvgIpc) is 2.94. The Balaban J connectivity index is 0.00000106. The molecule has 3 N–H and O–H groups in total. The minimum Gasteiger partial charge on any atom is -0.466 e. The number of esters is 1. The highest BCUT2D eigenvalue weighted by atomic mass is 16.5. The summed E-state index contributed by atoms with van der Waals surface area (Å²) in [5.41, 5.74) is 5.86. The maximum atomic E-state index is 11.7. The predicted octanol–water partition coefficient (Wildman–Crippen LogP) is 2.12. The number of hydrogen-bond donors (Lipinski definition) is 2. The van der Waals surface area contributed by atoms with E-state index in [1.807, 2.05) is 26.0 Å². The third kappa shape index (κ3) is 4.25. The highest BCUT2D eigenvalue weighted by Gasteiger charge is 2.43. The third-order valence-electron chi connectivity index (χ3n) is 3.60. The van der Waals surface area contributed by atoms with Crippen molar-refractivity contribution in [2.75, 3.05) is 6.61 Å². The minimum absolute atomic E-state index is 0.228. The second-order valence-corrected chi connectivity index (χ2v) is 4.94. The summed E-state index contributed by atoms with van der Waals surface area (Å²) < 4.78 is 5.01. The molecule has 0 amide bonds. The first-order chi connectivity index (χ1) is 10.1. The number of aromatic nitrogens is 1. The van der Waals surface area contributed by atoms with Crippen LogP contribution in [0.2, 0.25) is 0 Å². The lowest BCUT2D eigenvalue weighted by Crippen LogP contribution is -2.25. The van der Waals surface area contributed by atoms with Crippen molar-refractivity contribution in [3.05, 3.63) is 29.6 Å². The van der Waals surface area contributed by atoms with Crippen LogP contribution in [-0.2, 0) is 21.7 Å². The maximum Gasteiger partial charge on any atom is 0.309 e. The van der Waals surface area contributed by atoms with E-state index in [0.717, 1.165) is 5.69 Å². The first-order valence-corrected chi connectivity index (χ1v) is 7.64.